The van der Waals surface area contributed by atoms with Crippen LogP contribution in [0.2, 0.25) is 5.02 Å². The Labute approximate surface area is 190 Å². The Hall–Kier alpha value is -4.09. The van der Waals surface area contributed by atoms with E-state index in [-0.39, 0.29) is 17.2 Å². The van der Waals surface area contributed by atoms with Gasteiger partial charge in [0, 0.05) is 34.0 Å². The van der Waals surface area contributed by atoms with Gasteiger partial charge in [-0.1, -0.05) is 54.1 Å². The normalized spacial score (nSPS) is 11.7. The van der Waals surface area contributed by atoms with Gasteiger partial charge in [0.15, 0.2) is 0 Å². The largest absolute Gasteiger partial charge is 0.508 e. The number of para-hydroxylation sites is 2. The first kappa shape index (κ1) is 21.2. The maximum absolute atomic E-state index is 10.5. The Balaban J connectivity index is 1.83. The Bertz CT molecular complexity index is 1320. The van der Waals surface area contributed by atoms with E-state index in [1.807, 2.05) is 48.5 Å². The van der Waals surface area contributed by atoms with E-state index < -0.39 is 0 Å². The first-order chi connectivity index (χ1) is 15.5. The van der Waals surface area contributed by atoms with E-state index in [0.717, 1.165) is 5.56 Å². The number of hydrogen-bond acceptors (Lipinski definition) is 5. The topological polar surface area (TPSA) is 85.4 Å². The molecule has 0 bridgehead atoms. The third-order valence-corrected chi connectivity index (χ3v) is 4.97. The van der Waals surface area contributed by atoms with Crippen LogP contribution < -0.4 is 0 Å². The Kier molecular flexibility index (Phi) is 6.19. The number of aromatic hydroxyl groups is 3. The Morgan fingerprint density at radius 1 is 0.719 bits per heavy atom. The molecule has 0 heterocycles. The summed E-state index contributed by atoms with van der Waals surface area (Å²) in [7, 11) is 0. The van der Waals surface area contributed by atoms with Gasteiger partial charge in [-0.3, -0.25) is 4.99 Å². The lowest BCUT2D eigenvalue weighted by molar-refractivity contribution is 0.450. The van der Waals surface area contributed by atoms with Crippen molar-refractivity contribution in [1.82, 2.24) is 0 Å². The van der Waals surface area contributed by atoms with Crippen molar-refractivity contribution in [2.75, 3.05) is 0 Å². The average Bonchev–Trinajstić information content (AvgIpc) is 2.80. The Morgan fingerprint density at radius 2 is 1.44 bits per heavy atom. The van der Waals surface area contributed by atoms with Crippen LogP contribution in [0.3, 0.4) is 0 Å². The molecule has 0 atom stereocenters. The highest BCUT2D eigenvalue weighted by molar-refractivity contribution is 6.31. The molecule has 4 rings (SSSR count). The molecule has 158 valence electrons. The van der Waals surface area contributed by atoms with Gasteiger partial charge in [0.2, 0.25) is 0 Å². The van der Waals surface area contributed by atoms with Gasteiger partial charge in [0.1, 0.15) is 17.2 Å². The van der Waals surface area contributed by atoms with Crippen molar-refractivity contribution >= 4 is 34.9 Å². The van der Waals surface area contributed by atoms with E-state index >= 15 is 0 Å². The highest BCUT2D eigenvalue weighted by atomic mass is 35.5. The molecule has 0 aromatic heterocycles. The molecule has 0 radical (unpaired) electrons. The van der Waals surface area contributed by atoms with Crippen LogP contribution in [0.15, 0.2) is 101 Å². The quantitative estimate of drug-likeness (QED) is 0.313. The van der Waals surface area contributed by atoms with E-state index in [1.165, 1.54) is 24.4 Å². The molecule has 6 heteroatoms. The standard InChI is InChI=1S/C26H19ClN2O3/c27-19-11-13-24(31)21(14-19)26(17-6-2-1-3-7-17)29-23-9-5-4-8-22(23)28-16-18-10-12-20(30)15-25(18)32/h1-16,30-32H. The minimum Gasteiger partial charge on any atom is -0.508 e. The van der Waals surface area contributed by atoms with E-state index in [4.69, 9.17) is 16.6 Å². The van der Waals surface area contributed by atoms with Crippen molar-refractivity contribution in [1.29, 1.82) is 0 Å². The maximum Gasteiger partial charge on any atom is 0.128 e. The predicted octanol–water partition coefficient (Wildman–Crippen LogP) is 6.38. The van der Waals surface area contributed by atoms with Crippen LogP contribution in [0.4, 0.5) is 11.4 Å². The fraction of sp³-hybridized carbons (Fsp3) is 0. The number of halogens is 1. The smallest absolute Gasteiger partial charge is 0.128 e. The van der Waals surface area contributed by atoms with Crippen LogP contribution in [-0.4, -0.2) is 27.2 Å². The molecule has 3 N–H and O–H groups in total. The minimum absolute atomic E-state index is 0.0292. The first-order valence-electron chi connectivity index (χ1n) is 9.79. The van der Waals surface area contributed by atoms with Crippen LogP contribution in [0.1, 0.15) is 16.7 Å². The SMILES string of the molecule is Oc1ccc(C=Nc2ccccc2N=C(c2ccccc2)c2cc(Cl)ccc2O)c(O)c1. The molecule has 0 saturated carbocycles. The van der Waals surface area contributed by atoms with Crippen molar-refractivity contribution in [3.63, 3.8) is 0 Å². The number of phenols is 3. The second-order valence-electron chi connectivity index (χ2n) is 6.98. The summed E-state index contributed by atoms with van der Waals surface area (Å²) in [6.07, 6.45) is 1.50. The second kappa shape index (κ2) is 9.37. The number of benzene rings is 4. The fourth-order valence-electron chi connectivity index (χ4n) is 3.14. The number of rotatable bonds is 5. The summed E-state index contributed by atoms with van der Waals surface area (Å²) in [4.78, 5) is 9.32. The molecule has 0 aliphatic heterocycles. The zero-order valence-electron chi connectivity index (χ0n) is 16.9. The summed E-state index contributed by atoms with van der Waals surface area (Å²) in [5, 5.41) is 30.5. The maximum atomic E-state index is 10.5. The van der Waals surface area contributed by atoms with E-state index in [1.54, 1.807) is 24.3 Å². The molecule has 0 aliphatic carbocycles. The molecule has 4 aromatic rings. The van der Waals surface area contributed by atoms with Crippen molar-refractivity contribution in [2.45, 2.75) is 0 Å². The predicted molar refractivity (Wildman–Crippen MR) is 128 cm³/mol. The average molecular weight is 443 g/mol. The third-order valence-electron chi connectivity index (χ3n) is 4.73. The van der Waals surface area contributed by atoms with E-state index in [0.29, 0.717) is 33.2 Å². The molecule has 0 aliphatic rings. The molecule has 0 fully saturated rings. The minimum atomic E-state index is -0.0800. The molecule has 0 unspecified atom stereocenters. The third kappa shape index (κ3) is 4.79. The molecular formula is C26H19ClN2O3. The van der Waals surface area contributed by atoms with Gasteiger partial charge in [-0.15, -0.1) is 0 Å². The summed E-state index contributed by atoms with van der Waals surface area (Å²) >= 11 is 6.19. The number of phenolic OH excluding ortho intramolecular Hbond substituents is 3. The molecule has 32 heavy (non-hydrogen) atoms. The number of hydrogen-bond donors (Lipinski definition) is 3. The van der Waals surface area contributed by atoms with Crippen molar-refractivity contribution in [3.05, 3.63) is 113 Å². The van der Waals surface area contributed by atoms with Crippen molar-refractivity contribution in [3.8, 4) is 17.2 Å². The monoisotopic (exact) mass is 442 g/mol. The van der Waals surface area contributed by atoms with E-state index in [9.17, 15) is 15.3 Å². The van der Waals surface area contributed by atoms with Gasteiger partial charge in [0.05, 0.1) is 17.1 Å². The molecule has 4 aromatic carbocycles. The molecule has 5 nitrogen and oxygen atoms in total. The van der Waals surface area contributed by atoms with Crippen LogP contribution in [0.5, 0.6) is 17.2 Å². The van der Waals surface area contributed by atoms with Crippen molar-refractivity contribution in [2.24, 2.45) is 9.98 Å². The number of nitrogens with zero attached hydrogens (tertiary/aromatic N) is 2. The highest BCUT2D eigenvalue weighted by Gasteiger charge is 2.14. The fourth-order valence-corrected chi connectivity index (χ4v) is 3.31. The molecular weight excluding hydrogens is 424 g/mol. The van der Waals surface area contributed by atoms with Gasteiger partial charge in [-0.05, 0) is 42.5 Å². The first-order valence-corrected chi connectivity index (χ1v) is 10.2. The summed E-state index contributed by atoms with van der Waals surface area (Å²) in [5.41, 5.74) is 3.44. The van der Waals surface area contributed by atoms with Crippen LogP contribution in [0, 0.1) is 0 Å². The summed E-state index contributed by atoms with van der Waals surface area (Å²) < 4.78 is 0. The van der Waals surface area contributed by atoms with Crippen molar-refractivity contribution < 1.29 is 15.3 Å². The summed E-state index contributed by atoms with van der Waals surface area (Å²) in [5.74, 6) is -0.0472. The highest BCUT2D eigenvalue weighted by Crippen LogP contribution is 2.32. The van der Waals surface area contributed by atoms with Crippen LogP contribution >= 0.6 is 11.6 Å². The summed E-state index contributed by atoms with van der Waals surface area (Å²) in [6, 6.07) is 25.9. The second-order valence-corrected chi connectivity index (χ2v) is 7.41. The van der Waals surface area contributed by atoms with Gasteiger partial charge in [0.25, 0.3) is 0 Å². The van der Waals surface area contributed by atoms with E-state index in [2.05, 4.69) is 4.99 Å². The summed E-state index contributed by atoms with van der Waals surface area (Å²) in [6.45, 7) is 0. The van der Waals surface area contributed by atoms with Gasteiger partial charge < -0.3 is 15.3 Å². The lowest BCUT2D eigenvalue weighted by atomic mass is 10.0. The zero-order chi connectivity index (χ0) is 22.5. The molecule has 0 amide bonds. The number of aliphatic imine (C=N–C) groups is 2. The lowest BCUT2D eigenvalue weighted by Crippen LogP contribution is -2.03. The lowest BCUT2D eigenvalue weighted by Gasteiger charge is -2.11. The molecule has 0 saturated heterocycles. The van der Waals surface area contributed by atoms with Gasteiger partial charge >= 0.3 is 0 Å². The zero-order valence-corrected chi connectivity index (χ0v) is 17.6. The molecule has 0 spiro atoms. The van der Waals surface area contributed by atoms with Gasteiger partial charge in [-0.2, -0.15) is 0 Å². The Morgan fingerprint density at radius 3 is 2.19 bits per heavy atom. The van der Waals surface area contributed by atoms with Crippen LogP contribution in [-0.2, 0) is 0 Å². The van der Waals surface area contributed by atoms with Crippen LogP contribution in [0.25, 0.3) is 0 Å². The van der Waals surface area contributed by atoms with Gasteiger partial charge in [-0.25, -0.2) is 4.99 Å².